The summed E-state index contributed by atoms with van der Waals surface area (Å²) >= 11 is 0. The Balaban J connectivity index is 2.68. The van der Waals surface area contributed by atoms with Crippen LogP contribution in [0.15, 0.2) is 24.3 Å². The summed E-state index contributed by atoms with van der Waals surface area (Å²) in [5.74, 6) is -0.202. The topological polar surface area (TPSA) is 69.6 Å². The van der Waals surface area contributed by atoms with Gasteiger partial charge in [0.05, 0.1) is 6.54 Å². The number of amides is 2. The molecule has 0 radical (unpaired) electrons. The van der Waals surface area contributed by atoms with Crippen LogP contribution in [0.4, 0.5) is 23.7 Å². The third-order valence-electron chi connectivity index (χ3n) is 2.69. The molecular formula is C13H15F3N2O3. The monoisotopic (exact) mass is 304 g/mol. The molecule has 2 N–H and O–H groups in total. The number of nitrogens with zero attached hydrogens (tertiary/aromatic N) is 1. The normalized spacial score (nSPS) is 12.7. The van der Waals surface area contributed by atoms with Crippen LogP contribution in [0, 0.1) is 0 Å². The molecule has 1 unspecified atom stereocenters. The first-order valence-electron chi connectivity index (χ1n) is 5.99. The van der Waals surface area contributed by atoms with Crippen LogP contribution < -0.4 is 5.32 Å². The van der Waals surface area contributed by atoms with Gasteiger partial charge >= 0.3 is 12.2 Å². The van der Waals surface area contributed by atoms with Gasteiger partial charge in [-0.2, -0.15) is 13.2 Å². The van der Waals surface area contributed by atoms with Crippen LogP contribution in [0.25, 0.3) is 0 Å². The zero-order valence-electron chi connectivity index (χ0n) is 11.4. The Morgan fingerprint density at radius 1 is 1.38 bits per heavy atom. The number of aliphatic hydroxyl groups excluding tert-OH is 1. The number of rotatable bonds is 4. The van der Waals surface area contributed by atoms with E-state index in [4.69, 9.17) is 5.11 Å². The first kappa shape index (κ1) is 17.0. The standard InChI is InChI=1S/C13H15F3N2O3/c1-8(19)9-4-3-5-10(6-9)17-12(21)18(2)7-11(20)13(14,15)16/h3-6,11,20H,7H2,1-2H3,(H,17,21). The number of halogens is 3. The highest BCUT2D eigenvalue weighted by atomic mass is 19.4. The van der Waals surface area contributed by atoms with Gasteiger partial charge in [-0.25, -0.2) is 4.79 Å². The van der Waals surface area contributed by atoms with Crippen LogP contribution in [0.3, 0.4) is 0 Å². The van der Waals surface area contributed by atoms with Gasteiger partial charge in [0.25, 0.3) is 0 Å². The molecule has 1 aromatic rings. The lowest BCUT2D eigenvalue weighted by molar-refractivity contribution is -0.205. The number of anilines is 1. The van der Waals surface area contributed by atoms with Crippen molar-refractivity contribution < 1.29 is 27.9 Å². The van der Waals surface area contributed by atoms with Gasteiger partial charge in [-0.3, -0.25) is 4.79 Å². The fourth-order valence-electron chi connectivity index (χ4n) is 1.48. The molecule has 0 saturated heterocycles. The molecule has 116 valence electrons. The number of hydrogen-bond acceptors (Lipinski definition) is 3. The summed E-state index contributed by atoms with van der Waals surface area (Å²) in [5.41, 5.74) is 0.645. The van der Waals surface area contributed by atoms with Crippen LogP contribution >= 0.6 is 0 Å². The zero-order chi connectivity index (χ0) is 16.2. The van der Waals surface area contributed by atoms with Crippen molar-refractivity contribution in [3.05, 3.63) is 29.8 Å². The lowest BCUT2D eigenvalue weighted by Gasteiger charge is -2.22. The number of hydrogen-bond donors (Lipinski definition) is 2. The smallest absolute Gasteiger partial charge is 0.382 e. The summed E-state index contributed by atoms with van der Waals surface area (Å²) in [4.78, 5) is 23.6. The maximum absolute atomic E-state index is 12.2. The summed E-state index contributed by atoms with van der Waals surface area (Å²) in [6, 6.07) is 5.18. The maximum atomic E-state index is 12.2. The van der Waals surface area contributed by atoms with Crippen molar-refractivity contribution >= 4 is 17.5 Å². The Labute approximate surface area is 119 Å². The van der Waals surface area contributed by atoms with E-state index < -0.39 is 24.9 Å². The molecule has 0 aliphatic rings. The van der Waals surface area contributed by atoms with Gasteiger partial charge in [0, 0.05) is 18.3 Å². The number of nitrogens with one attached hydrogen (secondary N) is 1. The first-order valence-corrected chi connectivity index (χ1v) is 5.99. The Bertz CT molecular complexity index is 532. The second-order valence-corrected chi connectivity index (χ2v) is 4.51. The molecule has 1 atom stereocenters. The summed E-state index contributed by atoms with van der Waals surface area (Å²) in [5, 5.41) is 11.2. The summed E-state index contributed by atoms with van der Waals surface area (Å²) in [7, 11) is 1.12. The number of ketones is 1. The summed E-state index contributed by atoms with van der Waals surface area (Å²) in [6.07, 6.45) is -7.40. The van der Waals surface area contributed by atoms with Gasteiger partial charge in [-0.05, 0) is 19.1 Å². The second-order valence-electron chi connectivity index (χ2n) is 4.51. The van der Waals surface area contributed by atoms with Gasteiger partial charge in [0.2, 0.25) is 0 Å². The molecule has 8 heteroatoms. The molecule has 0 bridgehead atoms. The summed E-state index contributed by atoms with van der Waals surface area (Å²) < 4.78 is 36.6. The number of carbonyl (C=O) groups is 2. The fourth-order valence-corrected chi connectivity index (χ4v) is 1.48. The van der Waals surface area contributed by atoms with Crippen molar-refractivity contribution in [1.29, 1.82) is 0 Å². The Hall–Kier alpha value is -2.09. The van der Waals surface area contributed by atoms with E-state index in [1.807, 2.05) is 0 Å². The third-order valence-corrected chi connectivity index (χ3v) is 2.69. The first-order chi connectivity index (χ1) is 9.61. The van der Waals surface area contributed by atoms with E-state index in [0.29, 0.717) is 10.5 Å². The predicted molar refractivity (Wildman–Crippen MR) is 70.2 cm³/mol. The molecule has 5 nitrogen and oxygen atoms in total. The number of Topliss-reactive ketones (excluding diaryl/α,β-unsaturated/α-hetero) is 1. The van der Waals surface area contributed by atoms with E-state index in [9.17, 15) is 22.8 Å². The highest BCUT2D eigenvalue weighted by molar-refractivity contribution is 5.96. The number of alkyl halides is 3. The molecule has 2 amide bonds. The summed E-state index contributed by atoms with van der Waals surface area (Å²) in [6.45, 7) is 0.467. The van der Waals surface area contributed by atoms with Crippen molar-refractivity contribution in [2.45, 2.75) is 19.2 Å². The van der Waals surface area contributed by atoms with E-state index in [1.54, 1.807) is 6.07 Å². The van der Waals surface area contributed by atoms with Gasteiger partial charge in [0.1, 0.15) is 0 Å². The molecule has 0 aliphatic heterocycles. The molecule has 21 heavy (non-hydrogen) atoms. The Morgan fingerprint density at radius 2 is 2.00 bits per heavy atom. The van der Waals surface area contributed by atoms with Crippen LogP contribution in [0.5, 0.6) is 0 Å². The van der Waals surface area contributed by atoms with E-state index in [2.05, 4.69) is 5.32 Å². The predicted octanol–water partition coefficient (Wildman–Crippen LogP) is 2.28. The molecular weight excluding hydrogens is 289 g/mol. The fraction of sp³-hybridized carbons (Fsp3) is 0.385. The molecule has 0 aliphatic carbocycles. The highest BCUT2D eigenvalue weighted by Crippen LogP contribution is 2.20. The maximum Gasteiger partial charge on any atom is 0.416 e. The highest BCUT2D eigenvalue weighted by Gasteiger charge is 2.39. The Morgan fingerprint density at radius 3 is 2.52 bits per heavy atom. The van der Waals surface area contributed by atoms with Gasteiger partial charge in [-0.15, -0.1) is 0 Å². The molecule has 0 heterocycles. The number of likely N-dealkylation sites (N-methyl/N-ethyl adjacent to an activating group) is 1. The van der Waals surface area contributed by atoms with Crippen LogP contribution in [0.1, 0.15) is 17.3 Å². The van der Waals surface area contributed by atoms with E-state index in [1.165, 1.54) is 25.1 Å². The van der Waals surface area contributed by atoms with Crippen molar-refractivity contribution in [3.63, 3.8) is 0 Å². The minimum absolute atomic E-state index is 0.202. The van der Waals surface area contributed by atoms with Crippen LogP contribution in [0.2, 0.25) is 0 Å². The number of carbonyl (C=O) groups excluding carboxylic acids is 2. The molecule has 0 fully saturated rings. The van der Waals surface area contributed by atoms with Crippen molar-refractivity contribution in [3.8, 4) is 0 Å². The lowest BCUT2D eigenvalue weighted by atomic mass is 10.1. The van der Waals surface area contributed by atoms with Crippen LogP contribution in [-0.4, -0.2) is 47.7 Å². The minimum atomic E-state index is -4.79. The van der Waals surface area contributed by atoms with Crippen molar-refractivity contribution in [1.82, 2.24) is 4.90 Å². The average Bonchev–Trinajstić information content (AvgIpc) is 2.37. The number of benzene rings is 1. The molecule has 0 spiro atoms. The van der Waals surface area contributed by atoms with Crippen molar-refractivity contribution in [2.75, 3.05) is 18.9 Å². The second kappa shape index (κ2) is 6.57. The quantitative estimate of drug-likeness (QED) is 0.838. The SMILES string of the molecule is CC(=O)c1cccc(NC(=O)N(C)CC(O)C(F)(F)F)c1. The largest absolute Gasteiger partial charge is 0.416 e. The minimum Gasteiger partial charge on any atom is -0.382 e. The van der Waals surface area contributed by atoms with E-state index in [0.717, 1.165) is 7.05 Å². The number of urea groups is 1. The van der Waals surface area contributed by atoms with E-state index in [-0.39, 0.29) is 11.5 Å². The number of aliphatic hydroxyl groups is 1. The van der Waals surface area contributed by atoms with Gasteiger partial charge in [-0.1, -0.05) is 12.1 Å². The molecule has 0 saturated carbocycles. The zero-order valence-corrected chi connectivity index (χ0v) is 11.4. The van der Waals surface area contributed by atoms with Crippen molar-refractivity contribution in [2.24, 2.45) is 0 Å². The molecule has 1 aromatic carbocycles. The lowest BCUT2D eigenvalue weighted by Crippen LogP contribution is -2.43. The van der Waals surface area contributed by atoms with Crippen LogP contribution in [-0.2, 0) is 0 Å². The Kier molecular flexibility index (Phi) is 5.31. The van der Waals surface area contributed by atoms with Gasteiger partial charge < -0.3 is 15.3 Å². The average molecular weight is 304 g/mol. The third kappa shape index (κ3) is 5.07. The van der Waals surface area contributed by atoms with Gasteiger partial charge in [0.15, 0.2) is 11.9 Å². The molecule has 1 rings (SSSR count). The van der Waals surface area contributed by atoms with E-state index >= 15 is 0 Å². The molecule has 0 aromatic heterocycles.